The molecule has 1 aliphatic rings. The predicted octanol–water partition coefficient (Wildman–Crippen LogP) is 2.61. The summed E-state index contributed by atoms with van der Waals surface area (Å²) in [7, 11) is 0. The van der Waals surface area contributed by atoms with E-state index in [2.05, 4.69) is 4.98 Å². The Kier molecular flexibility index (Phi) is 4.27. The lowest BCUT2D eigenvalue weighted by Gasteiger charge is -2.32. The zero-order chi connectivity index (χ0) is 17.4. The molecule has 5 nitrogen and oxygen atoms in total. The van der Waals surface area contributed by atoms with Crippen molar-refractivity contribution in [3.63, 3.8) is 0 Å². The van der Waals surface area contributed by atoms with Gasteiger partial charge in [-0.3, -0.25) is 9.36 Å². The minimum atomic E-state index is -0.321. The number of hydrogen-bond donors (Lipinski definition) is 1. The molecule has 2 aromatic heterocycles. The van der Waals surface area contributed by atoms with Crippen LogP contribution in [0, 0.1) is 5.82 Å². The summed E-state index contributed by atoms with van der Waals surface area (Å²) in [6.07, 6.45) is 0.999. The highest BCUT2D eigenvalue weighted by atomic mass is 32.1. The van der Waals surface area contributed by atoms with E-state index in [4.69, 9.17) is 0 Å². The molecule has 25 heavy (non-hydrogen) atoms. The normalized spacial score (nSPS) is 15.8. The molecular weight excluding hydrogens is 341 g/mol. The molecule has 3 heterocycles. The highest BCUT2D eigenvalue weighted by Gasteiger charge is 2.23. The molecule has 1 fully saturated rings. The molecule has 0 aliphatic carbocycles. The Bertz CT molecular complexity index is 960. The number of halogens is 1. The minimum absolute atomic E-state index is 0.106. The van der Waals surface area contributed by atoms with Gasteiger partial charge in [-0.05, 0) is 42.0 Å². The molecule has 1 aromatic carbocycles. The monoisotopic (exact) mass is 359 g/mol. The van der Waals surface area contributed by atoms with Crippen LogP contribution in [0.25, 0.3) is 10.2 Å². The number of fused-ring (bicyclic) bond motifs is 1. The molecule has 0 atom stereocenters. The van der Waals surface area contributed by atoms with Crippen LogP contribution in [0.1, 0.15) is 18.4 Å². The zero-order valence-corrected chi connectivity index (χ0v) is 14.4. The summed E-state index contributed by atoms with van der Waals surface area (Å²) in [4.78, 5) is 19.7. The van der Waals surface area contributed by atoms with E-state index in [0.29, 0.717) is 42.1 Å². The molecule has 0 radical (unpaired) electrons. The maximum Gasteiger partial charge on any atom is 0.273 e. The summed E-state index contributed by atoms with van der Waals surface area (Å²) in [6.45, 7) is 1.56. The molecule has 1 N–H and O–H groups in total. The van der Waals surface area contributed by atoms with Crippen LogP contribution in [0.2, 0.25) is 0 Å². The molecule has 0 amide bonds. The number of rotatable bonds is 3. The van der Waals surface area contributed by atoms with Gasteiger partial charge in [0.05, 0.1) is 18.2 Å². The SMILES string of the molecule is O=c1c2sccc2nc(N2CCC(O)CC2)n1Cc1cccc(F)c1. The van der Waals surface area contributed by atoms with Crippen molar-refractivity contribution in [3.05, 3.63) is 57.4 Å². The molecule has 1 aliphatic heterocycles. The van der Waals surface area contributed by atoms with Crippen LogP contribution >= 0.6 is 11.3 Å². The number of aromatic nitrogens is 2. The second-order valence-corrected chi connectivity index (χ2v) is 7.20. The number of thiophene rings is 1. The number of benzene rings is 1. The van der Waals surface area contributed by atoms with Crippen molar-refractivity contribution in [2.24, 2.45) is 0 Å². The number of nitrogens with zero attached hydrogens (tertiary/aromatic N) is 3. The summed E-state index contributed by atoms with van der Waals surface area (Å²) in [5, 5.41) is 11.6. The lowest BCUT2D eigenvalue weighted by atomic mass is 10.1. The Morgan fingerprint density at radius 3 is 2.84 bits per heavy atom. The third-order valence-electron chi connectivity index (χ3n) is 4.52. The van der Waals surface area contributed by atoms with Crippen LogP contribution < -0.4 is 10.5 Å². The molecule has 130 valence electrons. The average Bonchev–Trinajstić information content (AvgIpc) is 3.07. The van der Waals surface area contributed by atoms with Crippen molar-refractivity contribution in [1.82, 2.24) is 9.55 Å². The Labute approximate surface area is 148 Å². The highest BCUT2D eigenvalue weighted by molar-refractivity contribution is 7.17. The van der Waals surface area contributed by atoms with Crippen molar-refractivity contribution >= 4 is 27.5 Å². The van der Waals surface area contributed by atoms with Crippen LogP contribution in [-0.2, 0) is 6.54 Å². The molecule has 3 aromatic rings. The van der Waals surface area contributed by atoms with Crippen LogP contribution in [0.15, 0.2) is 40.5 Å². The predicted molar refractivity (Wildman–Crippen MR) is 96.8 cm³/mol. The second kappa shape index (κ2) is 6.57. The fourth-order valence-corrected chi connectivity index (χ4v) is 3.98. The van der Waals surface area contributed by atoms with Crippen LogP contribution in [0.4, 0.5) is 10.3 Å². The van der Waals surface area contributed by atoms with Gasteiger partial charge in [-0.15, -0.1) is 11.3 Å². The highest BCUT2D eigenvalue weighted by Crippen LogP contribution is 2.23. The Balaban J connectivity index is 1.81. The number of aliphatic hydroxyl groups is 1. The van der Waals surface area contributed by atoms with E-state index in [1.807, 2.05) is 16.3 Å². The first-order valence-corrected chi connectivity index (χ1v) is 9.15. The second-order valence-electron chi connectivity index (χ2n) is 6.29. The topological polar surface area (TPSA) is 58.4 Å². The molecule has 0 bridgehead atoms. The minimum Gasteiger partial charge on any atom is -0.393 e. The summed E-state index contributed by atoms with van der Waals surface area (Å²) >= 11 is 1.37. The molecule has 7 heteroatoms. The van der Waals surface area contributed by atoms with Crippen LogP contribution in [0.3, 0.4) is 0 Å². The van der Waals surface area contributed by atoms with E-state index in [-0.39, 0.29) is 24.0 Å². The molecular formula is C18H18FN3O2S. The lowest BCUT2D eigenvalue weighted by Crippen LogP contribution is -2.40. The maximum absolute atomic E-state index is 13.5. The Morgan fingerprint density at radius 2 is 2.08 bits per heavy atom. The maximum atomic E-state index is 13.5. The van der Waals surface area contributed by atoms with Gasteiger partial charge in [0, 0.05) is 13.1 Å². The molecule has 0 saturated carbocycles. The summed E-state index contributed by atoms with van der Waals surface area (Å²) < 4.78 is 15.8. The fraction of sp³-hybridized carbons (Fsp3) is 0.333. The summed E-state index contributed by atoms with van der Waals surface area (Å²) in [5.74, 6) is 0.269. The lowest BCUT2D eigenvalue weighted by molar-refractivity contribution is 0.145. The molecule has 1 saturated heterocycles. The van der Waals surface area contributed by atoms with Crippen LogP contribution in [-0.4, -0.2) is 33.9 Å². The Hall–Kier alpha value is -2.25. The Morgan fingerprint density at radius 1 is 1.28 bits per heavy atom. The third-order valence-corrected chi connectivity index (χ3v) is 5.41. The van der Waals surface area contributed by atoms with Crippen molar-refractivity contribution < 1.29 is 9.50 Å². The number of aliphatic hydroxyl groups excluding tert-OH is 1. The molecule has 0 spiro atoms. The summed E-state index contributed by atoms with van der Waals surface area (Å²) in [6, 6.07) is 8.12. The van der Waals surface area contributed by atoms with Gasteiger partial charge in [0.1, 0.15) is 10.5 Å². The van der Waals surface area contributed by atoms with Crippen molar-refractivity contribution in [2.45, 2.75) is 25.5 Å². The van der Waals surface area contributed by atoms with E-state index in [9.17, 15) is 14.3 Å². The summed E-state index contributed by atoms with van der Waals surface area (Å²) in [5.41, 5.74) is 1.30. The van der Waals surface area contributed by atoms with Gasteiger partial charge in [0.25, 0.3) is 5.56 Å². The van der Waals surface area contributed by atoms with E-state index in [1.165, 1.54) is 23.5 Å². The van der Waals surface area contributed by atoms with Gasteiger partial charge in [-0.25, -0.2) is 9.37 Å². The average molecular weight is 359 g/mol. The largest absolute Gasteiger partial charge is 0.393 e. The van der Waals surface area contributed by atoms with E-state index in [1.54, 1.807) is 16.7 Å². The number of piperidine rings is 1. The van der Waals surface area contributed by atoms with E-state index < -0.39 is 0 Å². The smallest absolute Gasteiger partial charge is 0.273 e. The first kappa shape index (κ1) is 16.2. The molecule has 0 unspecified atom stereocenters. The fourth-order valence-electron chi connectivity index (χ4n) is 3.20. The van der Waals surface area contributed by atoms with Gasteiger partial charge >= 0.3 is 0 Å². The van der Waals surface area contributed by atoms with E-state index in [0.717, 1.165) is 5.56 Å². The first-order chi connectivity index (χ1) is 12.1. The van der Waals surface area contributed by atoms with Crippen molar-refractivity contribution in [3.8, 4) is 0 Å². The zero-order valence-electron chi connectivity index (χ0n) is 13.6. The van der Waals surface area contributed by atoms with Gasteiger partial charge < -0.3 is 10.0 Å². The van der Waals surface area contributed by atoms with Gasteiger partial charge in [-0.1, -0.05) is 12.1 Å². The number of anilines is 1. The van der Waals surface area contributed by atoms with Gasteiger partial charge in [0.15, 0.2) is 0 Å². The van der Waals surface area contributed by atoms with Crippen LogP contribution in [0.5, 0.6) is 0 Å². The number of hydrogen-bond acceptors (Lipinski definition) is 5. The van der Waals surface area contributed by atoms with E-state index >= 15 is 0 Å². The quantitative estimate of drug-likeness (QED) is 0.781. The first-order valence-electron chi connectivity index (χ1n) is 8.27. The van der Waals surface area contributed by atoms with Gasteiger partial charge in [-0.2, -0.15) is 0 Å². The standard InChI is InChI=1S/C18H18FN3O2S/c19-13-3-1-2-12(10-13)11-22-17(24)16-15(6-9-25-16)20-18(22)21-7-4-14(23)5-8-21/h1-3,6,9-10,14,23H,4-5,7-8,11H2. The van der Waals surface area contributed by atoms with Gasteiger partial charge in [0.2, 0.25) is 5.95 Å². The van der Waals surface area contributed by atoms with Crippen molar-refractivity contribution in [2.75, 3.05) is 18.0 Å². The van der Waals surface area contributed by atoms with Crippen molar-refractivity contribution in [1.29, 1.82) is 0 Å². The molecule has 4 rings (SSSR count). The third kappa shape index (κ3) is 3.17.